The molecule has 1 aromatic rings. The van der Waals surface area contributed by atoms with Gasteiger partial charge in [-0.2, -0.15) is 0 Å². The monoisotopic (exact) mass is 332 g/mol. The average molecular weight is 332 g/mol. The molecular weight excluding hydrogens is 308 g/mol. The number of nitrogens with zero attached hydrogens (tertiary/aromatic N) is 4. The van der Waals surface area contributed by atoms with Crippen LogP contribution in [0.3, 0.4) is 0 Å². The fourth-order valence-electron chi connectivity index (χ4n) is 3.43. The minimum absolute atomic E-state index is 0.0310. The predicted octanol–water partition coefficient (Wildman–Crippen LogP) is 0.718. The zero-order chi connectivity index (χ0) is 17.3. The van der Waals surface area contributed by atoms with Gasteiger partial charge in [-0.25, -0.2) is 4.79 Å². The van der Waals surface area contributed by atoms with E-state index < -0.39 is 6.10 Å². The molecule has 7 heteroatoms. The van der Waals surface area contributed by atoms with E-state index in [9.17, 15) is 14.7 Å². The van der Waals surface area contributed by atoms with Gasteiger partial charge in [0.05, 0.1) is 11.7 Å². The Morgan fingerprint density at radius 1 is 1.25 bits per heavy atom. The lowest BCUT2D eigenvalue weighted by atomic mass is 9.96. The first-order valence-electron chi connectivity index (χ1n) is 8.36. The Labute approximate surface area is 141 Å². The third-order valence-corrected chi connectivity index (χ3v) is 4.71. The van der Waals surface area contributed by atoms with Crippen LogP contribution in [0.1, 0.15) is 34.3 Å². The molecule has 0 bridgehead atoms. The molecule has 0 aliphatic carbocycles. The zero-order valence-corrected chi connectivity index (χ0v) is 14.2. The van der Waals surface area contributed by atoms with Gasteiger partial charge in [0.2, 0.25) is 0 Å². The van der Waals surface area contributed by atoms with Crippen molar-refractivity contribution in [3.8, 4) is 0 Å². The van der Waals surface area contributed by atoms with Crippen LogP contribution in [0.15, 0.2) is 12.4 Å². The Morgan fingerprint density at radius 3 is 2.75 bits per heavy atom. The SMILES string of the molecule is CN(C)C(=O)N1CCc2c(cncc2C(=O)N2CCCC(O)C2)C1. The number of urea groups is 1. The molecule has 3 amide bonds. The van der Waals surface area contributed by atoms with Crippen LogP contribution in [0.5, 0.6) is 0 Å². The molecular formula is C17H24N4O3. The summed E-state index contributed by atoms with van der Waals surface area (Å²) in [6.07, 6.45) is 5.13. The molecule has 0 aromatic carbocycles. The van der Waals surface area contributed by atoms with Crippen molar-refractivity contribution in [2.24, 2.45) is 0 Å². The second kappa shape index (κ2) is 6.76. The molecule has 1 fully saturated rings. The minimum Gasteiger partial charge on any atom is -0.391 e. The molecule has 130 valence electrons. The number of piperidine rings is 1. The number of hydrogen-bond acceptors (Lipinski definition) is 4. The maximum absolute atomic E-state index is 12.8. The molecule has 2 aliphatic rings. The summed E-state index contributed by atoms with van der Waals surface area (Å²) in [5, 5.41) is 9.80. The van der Waals surface area contributed by atoms with Crippen LogP contribution < -0.4 is 0 Å². The zero-order valence-electron chi connectivity index (χ0n) is 14.2. The van der Waals surface area contributed by atoms with Crippen LogP contribution in [0.4, 0.5) is 4.79 Å². The van der Waals surface area contributed by atoms with Gasteiger partial charge in [-0.3, -0.25) is 9.78 Å². The van der Waals surface area contributed by atoms with Gasteiger partial charge in [0.15, 0.2) is 0 Å². The standard InChI is InChI=1S/C17H24N4O3/c1-19(2)17(24)21-7-5-14-12(10-21)8-18-9-15(14)16(23)20-6-3-4-13(22)11-20/h8-9,13,22H,3-7,10-11H2,1-2H3. The molecule has 0 spiro atoms. The molecule has 3 rings (SSSR count). The Balaban J connectivity index is 1.81. The highest BCUT2D eigenvalue weighted by Gasteiger charge is 2.29. The molecule has 0 radical (unpaired) electrons. The lowest BCUT2D eigenvalue weighted by Crippen LogP contribution is -2.44. The van der Waals surface area contributed by atoms with Gasteiger partial charge >= 0.3 is 6.03 Å². The van der Waals surface area contributed by atoms with E-state index in [0.717, 1.165) is 24.0 Å². The number of pyridine rings is 1. The van der Waals surface area contributed by atoms with E-state index in [0.29, 0.717) is 38.2 Å². The molecule has 0 saturated carbocycles. The molecule has 7 nitrogen and oxygen atoms in total. The summed E-state index contributed by atoms with van der Waals surface area (Å²) in [4.78, 5) is 34.2. The fourth-order valence-corrected chi connectivity index (χ4v) is 3.43. The highest BCUT2D eigenvalue weighted by molar-refractivity contribution is 5.96. The Bertz CT molecular complexity index is 647. The van der Waals surface area contributed by atoms with Crippen molar-refractivity contribution in [1.82, 2.24) is 19.7 Å². The van der Waals surface area contributed by atoms with Crippen LogP contribution in [0.2, 0.25) is 0 Å². The molecule has 2 aliphatic heterocycles. The summed E-state index contributed by atoms with van der Waals surface area (Å²) in [6, 6.07) is -0.0310. The topological polar surface area (TPSA) is 77.0 Å². The van der Waals surface area contributed by atoms with E-state index in [-0.39, 0.29) is 11.9 Å². The van der Waals surface area contributed by atoms with Gasteiger partial charge in [-0.05, 0) is 30.4 Å². The lowest BCUT2D eigenvalue weighted by molar-refractivity contribution is 0.0472. The van der Waals surface area contributed by atoms with E-state index in [1.54, 1.807) is 41.2 Å². The number of hydrogen-bond donors (Lipinski definition) is 1. The molecule has 3 heterocycles. The fraction of sp³-hybridized carbons (Fsp3) is 0.588. The van der Waals surface area contributed by atoms with E-state index >= 15 is 0 Å². The third kappa shape index (κ3) is 3.21. The number of carbonyl (C=O) groups excluding carboxylic acids is 2. The van der Waals surface area contributed by atoms with Crippen molar-refractivity contribution in [3.05, 3.63) is 29.1 Å². The van der Waals surface area contributed by atoms with Crippen LogP contribution in [-0.4, -0.2) is 76.6 Å². The van der Waals surface area contributed by atoms with Gasteiger partial charge in [0, 0.05) is 52.7 Å². The smallest absolute Gasteiger partial charge is 0.319 e. The maximum Gasteiger partial charge on any atom is 0.319 e. The van der Waals surface area contributed by atoms with Crippen molar-refractivity contribution in [3.63, 3.8) is 0 Å². The van der Waals surface area contributed by atoms with Crippen LogP contribution in [-0.2, 0) is 13.0 Å². The number of carbonyl (C=O) groups is 2. The first-order chi connectivity index (χ1) is 11.5. The number of β-amino-alcohol motifs (C(OH)–C–C–N with tert-alkyl or cyclic N) is 1. The molecule has 1 N–H and O–H groups in total. The van der Waals surface area contributed by atoms with Crippen molar-refractivity contribution >= 4 is 11.9 Å². The maximum atomic E-state index is 12.8. The van der Waals surface area contributed by atoms with E-state index in [1.165, 1.54) is 0 Å². The summed E-state index contributed by atoms with van der Waals surface area (Å²) < 4.78 is 0. The number of aromatic nitrogens is 1. The molecule has 1 atom stereocenters. The average Bonchev–Trinajstić information content (AvgIpc) is 2.59. The Hall–Kier alpha value is -2.15. The third-order valence-electron chi connectivity index (χ3n) is 4.71. The van der Waals surface area contributed by atoms with Gasteiger partial charge in [0.1, 0.15) is 0 Å². The summed E-state index contributed by atoms with van der Waals surface area (Å²) in [5.74, 6) is -0.0644. The van der Waals surface area contributed by atoms with E-state index in [4.69, 9.17) is 0 Å². The molecule has 1 aromatic heterocycles. The molecule has 24 heavy (non-hydrogen) atoms. The molecule has 1 unspecified atom stereocenters. The van der Waals surface area contributed by atoms with Crippen LogP contribution in [0, 0.1) is 0 Å². The number of rotatable bonds is 1. The highest BCUT2D eigenvalue weighted by Crippen LogP contribution is 2.24. The Morgan fingerprint density at radius 2 is 2.04 bits per heavy atom. The summed E-state index contributed by atoms with van der Waals surface area (Å²) in [7, 11) is 3.47. The van der Waals surface area contributed by atoms with Gasteiger partial charge in [-0.1, -0.05) is 0 Å². The molecule has 1 saturated heterocycles. The minimum atomic E-state index is -0.441. The summed E-state index contributed by atoms with van der Waals surface area (Å²) in [5.41, 5.74) is 2.52. The van der Waals surface area contributed by atoms with E-state index in [2.05, 4.69) is 4.98 Å². The first kappa shape index (κ1) is 16.7. The lowest BCUT2D eigenvalue weighted by Gasteiger charge is -2.33. The number of aliphatic hydroxyl groups is 1. The van der Waals surface area contributed by atoms with Gasteiger partial charge < -0.3 is 19.8 Å². The number of fused-ring (bicyclic) bond motifs is 1. The highest BCUT2D eigenvalue weighted by atomic mass is 16.3. The normalized spacial score (nSPS) is 20.5. The van der Waals surface area contributed by atoms with Crippen molar-refractivity contribution in [2.45, 2.75) is 31.9 Å². The van der Waals surface area contributed by atoms with Crippen molar-refractivity contribution in [1.29, 1.82) is 0 Å². The first-order valence-corrected chi connectivity index (χ1v) is 8.36. The predicted molar refractivity (Wildman–Crippen MR) is 88.6 cm³/mol. The van der Waals surface area contributed by atoms with Crippen LogP contribution in [0.25, 0.3) is 0 Å². The largest absolute Gasteiger partial charge is 0.391 e. The second-order valence-corrected chi connectivity index (χ2v) is 6.72. The number of likely N-dealkylation sites (tertiary alicyclic amines) is 1. The summed E-state index contributed by atoms with van der Waals surface area (Å²) in [6.45, 7) is 2.12. The van der Waals surface area contributed by atoms with Gasteiger partial charge in [0.25, 0.3) is 5.91 Å². The number of aliphatic hydroxyl groups excluding tert-OH is 1. The van der Waals surface area contributed by atoms with Crippen molar-refractivity contribution in [2.75, 3.05) is 33.7 Å². The Kier molecular flexibility index (Phi) is 4.71. The van der Waals surface area contributed by atoms with E-state index in [1.807, 2.05) is 0 Å². The van der Waals surface area contributed by atoms with Crippen molar-refractivity contribution < 1.29 is 14.7 Å². The quantitative estimate of drug-likeness (QED) is 0.822. The van der Waals surface area contributed by atoms with Gasteiger partial charge in [-0.15, -0.1) is 0 Å². The summed E-state index contributed by atoms with van der Waals surface area (Å²) >= 11 is 0. The number of amides is 3. The second-order valence-electron chi connectivity index (χ2n) is 6.72. The van der Waals surface area contributed by atoms with Crippen LogP contribution >= 0.6 is 0 Å².